The first kappa shape index (κ1) is 17.0. The summed E-state index contributed by atoms with van der Waals surface area (Å²) in [6.45, 7) is 7.51. The van der Waals surface area contributed by atoms with Crippen LogP contribution in [0.1, 0.15) is 25.3 Å². The predicted octanol–water partition coefficient (Wildman–Crippen LogP) is 2.05. The van der Waals surface area contributed by atoms with Crippen molar-refractivity contribution in [2.24, 2.45) is 10.4 Å². The Balaban J connectivity index is 1.47. The van der Waals surface area contributed by atoms with Crippen molar-refractivity contribution in [1.82, 2.24) is 25.4 Å². The summed E-state index contributed by atoms with van der Waals surface area (Å²) in [7, 11) is 0. The van der Waals surface area contributed by atoms with E-state index in [1.165, 1.54) is 19.2 Å². The second-order valence-electron chi connectivity index (χ2n) is 7.18. The third kappa shape index (κ3) is 3.58. The molecular weight excluding hydrogens is 328 g/mol. The molecule has 0 radical (unpaired) electrons. The van der Waals surface area contributed by atoms with Gasteiger partial charge in [-0.05, 0) is 31.4 Å². The maximum atomic E-state index is 5.65. The van der Waals surface area contributed by atoms with Crippen LogP contribution in [0.5, 0.6) is 0 Å². The van der Waals surface area contributed by atoms with Gasteiger partial charge in [0.2, 0.25) is 0 Å². The van der Waals surface area contributed by atoms with Gasteiger partial charge in [0.15, 0.2) is 11.8 Å². The number of likely N-dealkylation sites (tertiary alicyclic amines) is 1. The van der Waals surface area contributed by atoms with Gasteiger partial charge in [-0.15, -0.1) is 0 Å². The normalized spacial score (nSPS) is 23.1. The van der Waals surface area contributed by atoms with E-state index in [0.717, 1.165) is 55.8 Å². The number of nitrogens with one attached hydrogen (secondary N) is 2. The van der Waals surface area contributed by atoms with Gasteiger partial charge in [-0.25, -0.2) is 9.98 Å². The van der Waals surface area contributed by atoms with Crippen LogP contribution in [0.25, 0.3) is 11.4 Å². The number of aromatic nitrogens is 3. The largest absolute Gasteiger partial charge is 0.381 e. The lowest BCUT2D eigenvalue weighted by Gasteiger charge is -2.25. The number of guanidine groups is 1. The van der Waals surface area contributed by atoms with Crippen molar-refractivity contribution >= 4 is 5.96 Å². The zero-order chi connectivity index (χ0) is 17.8. The highest BCUT2D eigenvalue weighted by molar-refractivity contribution is 5.80. The summed E-state index contributed by atoms with van der Waals surface area (Å²) < 4.78 is 5.65. The van der Waals surface area contributed by atoms with E-state index in [2.05, 4.69) is 44.5 Å². The number of hydrogen-bond donors (Lipinski definition) is 2. The summed E-state index contributed by atoms with van der Waals surface area (Å²) in [5.74, 6) is 1.78. The third-order valence-electron chi connectivity index (χ3n) is 5.28. The van der Waals surface area contributed by atoms with Crippen LogP contribution in [-0.4, -0.2) is 58.9 Å². The fourth-order valence-corrected chi connectivity index (χ4v) is 3.84. The Morgan fingerprint density at radius 1 is 1.42 bits per heavy atom. The molecule has 7 heteroatoms. The molecule has 2 N–H and O–H groups in total. The second kappa shape index (κ2) is 7.45. The van der Waals surface area contributed by atoms with Crippen LogP contribution in [-0.2, 0) is 11.3 Å². The molecule has 0 aliphatic carbocycles. The lowest BCUT2D eigenvalue weighted by molar-refractivity contribution is 0.156. The summed E-state index contributed by atoms with van der Waals surface area (Å²) in [6.07, 6.45) is 3.89. The Bertz CT molecular complexity index is 751. The van der Waals surface area contributed by atoms with Crippen LogP contribution in [0.15, 0.2) is 35.6 Å². The molecule has 1 aromatic carbocycles. The Morgan fingerprint density at radius 3 is 3.15 bits per heavy atom. The molecule has 7 nitrogen and oxygen atoms in total. The van der Waals surface area contributed by atoms with E-state index in [0.29, 0.717) is 12.0 Å². The molecule has 4 rings (SSSR count). The highest BCUT2D eigenvalue weighted by Crippen LogP contribution is 2.38. The number of ether oxygens (including phenoxy) is 1. The van der Waals surface area contributed by atoms with Crippen molar-refractivity contribution in [2.75, 3.05) is 32.8 Å². The van der Waals surface area contributed by atoms with E-state index in [-0.39, 0.29) is 0 Å². The highest BCUT2D eigenvalue weighted by atomic mass is 16.5. The summed E-state index contributed by atoms with van der Waals surface area (Å²) in [5, 5.41) is 10.3. The van der Waals surface area contributed by atoms with Crippen LogP contribution in [0.3, 0.4) is 0 Å². The number of hydrogen-bond acceptors (Lipinski definition) is 4. The van der Waals surface area contributed by atoms with Crippen LogP contribution in [0.4, 0.5) is 0 Å². The van der Waals surface area contributed by atoms with Crippen LogP contribution in [0.2, 0.25) is 0 Å². The number of rotatable bonds is 4. The molecule has 2 aliphatic rings. The topological polar surface area (TPSA) is 78.4 Å². The predicted molar refractivity (Wildman–Crippen MR) is 101 cm³/mol. The fourth-order valence-electron chi connectivity index (χ4n) is 3.84. The minimum atomic E-state index is 0.336. The first-order valence-electron chi connectivity index (χ1n) is 9.34. The molecule has 1 atom stereocenters. The lowest BCUT2D eigenvalue weighted by Crippen LogP contribution is -2.41. The zero-order valence-electron chi connectivity index (χ0n) is 15.2. The minimum absolute atomic E-state index is 0.336. The molecule has 1 spiro atoms. The summed E-state index contributed by atoms with van der Waals surface area (Å²) in [4.78, 5) is 11.5. The molecule has 2 aliphatic heterocycles. The summed E-state index contributed by atoms with van der Waals surface area (Å²) in [6, 6.07) is 8.28. The van der Waals surface area contributed by atoms with Crippen molar-refractivity contribution < 1.29 is 4.74 Å². The lowest BCUT2D eigenvalue weighted by atomic mass is 9.87. The standard InChI is InChI=1S/C19H26N6O/c1-2-20-18(25-8-6-19(12-25)7-9-26-13-19)21-11-15-4-3-5-16(10-15)17-22-14-23-24-17/h3-5,10,14H,2,6-9,11-13H2,1H3,(H,20,21)(H,22,23,24). The maximum absolute atomic E-state index is 5.65. The minimum Gasteiger partial charge on any atom is -0.381 e. The monoisotopic (exact) mass is 354 g/mol. The fraction of sp³-hybridized carbons (Fsp3) is 0.526. The van der Waals surface area contributed by atoms with E-state index in [1.807, 2.05) is 12.1 Å². The number of aromatic amines is 1. The molecule has 2 fully saturated rings. The number of nitrogens with zero attached hydrogens (tertiary/aromatic N) is 4. The number of benzene rings is 1. The Labute approximate surface area is 153 Å². The molecule has 1 unspecified atom stereocenters. The van der Waals surface area contributed by atoms with Gasteiger partial charge in [0.05, 0.1) is 13.2 Å². The van der Waals surface area contributed by atoms with Crippen molar-refractivity contribution in [3.05, 3.63) is 36.2 Å². The molecule has 0 saturated carbocycles. The average Bonchev–Trinajstić information content (AvgIpc) is 3.43. The maximum Gasteiger partial charge on any atom is 0.194 e. The van der Waals surface area contributed by atoms with Crippen molar-refractivity contribution in [3.63, 3.8) is 0 Å². The molecule has 1 aromatic heterocycles. The highest BCUT2D eigenvalue weighted by Gasteiger charge is 2.42. The van der Waals surface area contributed by atoms with E-state index in [1.54, 1.807) is 0 Å². The van der Waals surface area contributed by atoms with E-state index >= 15 is 0 Å². The molecule has 26 heavy (non-hydrogen) atoms. The third-order valence-corrected chi connectivity index (χ3v) is 5.28. The number of H-pyrrole nitrogens is 1. The molecule has 0 amide bonds. The first-order valence-corrected chi connectivity index (χ1v) is 9.34. The van der Waals surface area contributed by atoms with Gasteiger partial charge in [0, 0.05) is 37.2 Å². The van der Waals surface area contributed by atoms with Gasteiger partial charge < -0.3 is 15.0 Å². The van der Waals surface area contributed by atoms with Gasteiger partial charge in [-0.1, -0.05) is 18.2 Å². The van der Waals surface area contributed by atoms with E-state index in [9.17, 15) is 0 Å². The van der Waals surface area contributed by atoms with Crippen LogP contribution < -0.4 is 5.32 Å². The molecule has 2 aromatic rings. The zero-order valence-corrected chi connectivity index (χ0v) is 15.2. The van der Waals surface area contributed by atoms with Crippen molar-refractivity contribution in [1.29, 1.82) is 0 Å². The van der Waals surface area contributed by atoms with Gasteiger partial charge >= 0.3 is 0 Å². The Morgan fingerprint density at radius 2 is 2.38 bits per heavy atom. The molecule has 138 valence electrons. The molecule has 0 bridgehead atoms. The Kier molecular flexibility index (Phi) is 4.88. The van der Waals surface area contributed by atoms with Crippen LogP contribution in [0, 0.1) is 5.41 Å². The molecule has 2 saturated heterocycles. The average molecular weight is 354 g/mol. The SMILES string of the molecule is CCNC(=NCc1cccc(-c2ncn[nH]2)c1)N1CCC2(CCOC2)C1. The van der Waals surface area contributed by atoms with Crippen molar-refractivity contribution in [3.8, 4) is 11.4 Å². The molecular formula is C19H26N6O. The van der Waals surface area contributed by atoms with Gasteiger partial charge in [-0.3, -0.25) is 5.10 Å². The van der Waals surface area contributed by atoms with Gasteiger partial charge in [-0.2, -0.15) is 5.10 Å². The second-order valence-corrected chi connectivity index (χ2v) is 7.18. The van der Waals surface area contributed by atoms with Crippen LogP contribution >= 0.6 is 0 Å². The van der Waals surface area contributed by atoms with Gasteiger partial charge in [0.25, 0.3) is 0 Å². The summed E-state index contributed by atoms with van der Waals surface area (Å²) >= 11 is 0. The quantitative estimate of drug-likeness (QED) is 0.649. The number of aliphatic imine (C=N–C) groups is 1. The summed E-state index contributed by atoms with van der Waals surface area (Å²) in [5.41, 5.74) is 2.53. The Hall–Kier alpha value is -2.41. The van der Waals surface area contributed by atoms with E-state index in [4.69, 9.17) is 9.73 Å². The molecule has 3 heterocycles. The van der Waals surface area contributed by atoms with E-state index < -0.39 is 0 Å². The van der Waals surface area contributed by atoms with Gasteiger partial charge in [0.1, 0.15) is 6.33 Å². The first-order chi connectivity index (χ1) is 12.8. The van der Waals surface area contributed by atoms with Crippen molar-refractivity contribution in [2.45, 2.75) is 26.3 Å². The smallest absolute Gasteiger partial charge is 0.194 e.